The number of halogens is 1. The van der Waals surface area contributed by atoms with E-state index in [-0.39, 0.29) is 33.5 Å². The molecule has 0 amide bonds. The average Bonchev–Trinajstić information content (AvgIpc) is 2.72. The second kappa shape index (κ2) is 8.53. The van der Waals surface area contributed by atoms with E-state index in [1.165, 1.54) is 12.4 Å². The van der Waals surface area contributed by atoms with Crippen LogP contribution < -0.4 is 5.73 Å². The first-order valence-corrected chi connectivity index (χ1v) is 9.37. The summed E-state index contributed by atoms with van der Waals surface area (Å²) in [4.78, 5) is 20.4. The average molecular weight is 406 g/mol. The standard InChI is InChI=1S/C20H12ClN5OS/c21-14-3-1-2-13(8-14)18-15(9-22)19(24)26-20(16(18)10-23)28-11-17(27)12-4-6-25-7-5-12/h1-8H,11H2,(H2,24,26). The summed E-state index contributed by atoms with van der Waals surface area (Å²) in [6.07, 6.45) is 3.07. The number of benzene rings is 1. The van der Waals surface area contributed by atoms with E-state index in [0.29, 0.717) is 21.7 Å². The molecule has 0 radical (unpaired) electrons. The molecule has 0 atom stereocenters. The van der Waals surface area contributed by atoms with Crippen LogP contribution in [0.5, 0.6) is 0 Å². The lowest BCUT2D eigenvalue weighted by atomic mass is 9.97. The molecule has 0 fully saturated rings. The SMILES string of the molecule is N#Cc1c(N)nc(SCC(=O)c2ccncc2)c(C#N)c1-c1cccc(Cl)c1. The smallest absolute Gasteiger partial charge is 0.173 e. The minimum absolute atomic E-state index is 0.00432. The van der Waals surface area contributed by atoms with Crippen molar-refractivity contribution in [2.24, 2.45) is 0 Å². The zero-order chi connectivity index (χ0) is 20.1. The Kier molecular flexibility index (Phi) is 5.90. The van der Waals surface area contributed by atoms with E-state index < -0.39 is 0 Å². The van der Waals surface area contributed by atoms with Gasteiger partial charge in [-0.15, -0.1) is 0 Å². The number of rotatable bonds is 5. The number of carbonyl (C=O) groups is 1. The molecule has 6 nitrogen and oxygen atoms in total. The highest BCUT2D eigenvalue weighted by Crippen LogP contribution is 2.36. The first kappa shape index (κ1) is 19.4. The van der Waals surface area contributed by atoms with E-state index in [1.54, 1.807) is 36.4 Å². The molecule has 1 aromatic carbocycles. The van der Waals surface area contributed by atoms with Gasteiger partial charge in [-0.25, -0.2) is 4.98 Å². The second-order valence-electron chi connectivity index (χ2n) is 5.61. The number of Topliss-reactive ketones (excluding diaryl/α,β-unsaturated/α-hetero) is 1. The molecule has 2 N–H and O–H groups in total. The fourth-order valence-electron chi connectivity index (χ4n) is 2.59. The van der Waals surface area contributed by atoms with Crippen molar-refractivity contribution in [1.82, 2.24) is 9.97 Å². The van der Waals surface area contributed by atoms with Gasteiger partial charge >= 0.3 is 0 Å². The molecule has 0 aliphatic carbocycles. The van der Waals surface area contributed by atoms with Gasteiger partial charge in [0.2, 0.25) is 0 Å². The molecule has 0 aliphatic heterocycles. The number of nitrogen functional groups attached to an aromatic ring is 1. The van der Waals surface area contributed by atoms with E-state index in [9.17, 15) is 15.3 Å². The van der Waals surface area contributed by atoms with Crippen LogP contribution >= 0.6 is 23.4 Å². The maximum atomic E-state index is 12.4. The molecule has 28 heavy (non-hydrogen) atoms. The number of anilines is 1. The number of hydrogen-bond acceptors (Lipinski definition) is 7. The molecular weight excluding hydrogens is 394 g/mol. The summed E-state index contributed by atoms with van der Waals surface area (Å²) in [6.45, 7) is 0. The van der Waals surface area contributed by atoms with E-state index in [0.717, 1.165) is 11.8 Å². The third kappa shape index (κ3) is 3.96. The lowest BCUT2D eigenvalue weighted by Gasteiger charge is -2.13. The Balaban J connectivity index is 2.04. The van der Waals surface area contributed by atoms with Gasteiger partial charge in [0.15, 0.2) is 5.78 Å². The Bertz CT molecular complexity index is 1140. The molecule has 3 rings (SSSR count). The Morgan fingerprint density at radius 1 is 1.14 bits per heavy atom. The maximum absolute atomic E-state index is 12.4. The topological polar surface area (TPSA) is 116 Å². The number of ketones is 1. The summed E-state index contributed by atoms with van der Waals surface area (Å²) in [6, 6.07) is 14.1. The van der Waals surface area contributed by atoms with Crippen molar-refractivity contribution in [2.75, 3.05) is 11.5 Å². The van der Waals surface area contributed by atoms with Crippen LogP contribution in [0, 0.1) is 22.7 Å². The molecule has 0 spiro atoms. The van der Waals surface area contributed by atoms with E-state index in [2.05, 4.69) is 16.0 Å². The molecule has 0 saturated heterocycles. The first-order chi connectivity index (χ1) is 13.5. The summed E-state index contributed by atoms with van der Waals surface area (Å²) >= 11 is 7.16. The van der Waals surface area contributed by atoms with Crippen LogP contribution in [-0.4, -0.2) is 21.5 Å². The summed E-state index contributed by atoms with van der Waals surface area (Å²) in [5.74, 6) is -0.0767. The Morgan fingerprint density at radius 3 is 2.50 bits per heavy atom. The lowest BCUT2D eigenvalue weighted by molar-refractivity contribution is 0.102. The third-order valence-corrected chi connectivity index (χ3v) is 5.08. The van der Waals surface area contributed by atoms with Gasteiger partial charge in [-0.3, -0.25) is 9.78 Å². The van der Waals surface area contributed by atoms with Crippen molar-refractivity contribution in [3.8, 4) is 23.3 Å². The molecule has 2 heterocycles. The highest BCUT2D eigenvalue weighted by Gasteiger charge is 2.21. The molecule has 0 bridgehead atoms. The summed E-state index contributed by atoms with van der Waals surface area (Å²) in [5, 5.41) is 20.0. The minimum Gasteiger partial charge on any atom is -0.383 e. The molecule has 0 saturated carbocycles. The van der Waals surface area contributed by atoms with Crippen LogP contribution in [0.15, 0.2) is 53.8 Å². The third-order valence-electron chi connectivity index (χ3n) is 3.87. The van der Waals surface area contributed by atoms with Crippen molar-refractivity contribution in [3.05, 3.63) is 70.5 Å². The Hall–Kier alpha value is -3.39. The Morgan fingerprint density at radius 2 is 1.86 bits per heavy atom. The van der Waals surface area contributed by atoms with Gasteiger partial charge < -0.3 is 5.73 Å². The number of hydrogen-bond donors (Lipinski definition) is 1. The number of nitriles is 2. The fraction of sp³-hybridized carbons (Fsp3) is 0.0500. The first-order valence-electron chi connectivity index (χ1n) is 8.00. The van der Waals surface area contributed by atoms with Crippen molar-refractivity contribution in [3.63, 3.8) is 0 Å². The van der Waals surface area contributed by atoms with Crippen LogP contribution in [0.3, 0.4) is 0 Å². The van der Waals surface area contributed by atoms with E-state index in [1.807, 2.05) is 6.07 Å². The van der Waals surface area contributed by atoms with Crippen LogP contribution in [0.1, 0.15) is 21.5 Å². The molecular formula is C20H12ClN5OS. The van der Waals surface area contributed by atoms with Crippen LogP contribution in [0.25, 0.3) is 11.1 Å². The zero-order valence-electron chi connectivity index (χ0n) is 14.4. The van der Waals surface area contributed by atoms with Crippen molar-refractivity contribution < 1.29 is 4.79 Å². The Labute approximate surface area is 170 Å². The number of thioether (sulfide) groups is 1. The molecule has 0 aliphatic rings. The molecule has 3 aromatic rings. The van der Waals surface area contributed by atoms with Crippen molar-refractivity contribution in [1.29, 1.82) is 10.5 Å². The van der Waals surface area contributed by atoms with Gasteiger partial charge in [0, 0.05) is 28.5 Å². The van der Waals surface area contributed by atoms with Gasteiger partial charge in [-0.2, -0.15) is 10.5 Å². The highest BCUT2D eigenvalue weighted by molar-refractivity contribution is 8.00. The number of aromatic nitrogens is 2. The number of pyridine rings is 2. The highest BCUT2D eigenvalue weighted by atomic mass is 35.5. The van der Waals surface area contributed by atoms with Crippen LogP contribution in [0.2, 0.25) is 5.02 Å². The zero-order valence-corrected chi connectivity index (χ0v) is 16.0. The second-order valence-corrected chi connectivity index (χ2v) is 7.01. The van der Waals surface area contributed by atoms with Crippen LogP contribution in [-0.2, 0) is 0 Å². The predicted octanol–water partition coefficient (Wildman–Crippen LogP) is 4.10. The molecule has 136 valence electrons. The normalized spacial score (nSPS) is 10.1. The molecule has 2 aromatic heterocycles. The lowest BCUT2D eigenvalue weighted by Crippen LogP contribution is -2.06. The van der Waals surface area contributed by atoms with Gasteiger partial charge in [-0.05, 0) is 29.8 Å². The quantitative estimate of drug-likeness (QED) is 0.501. The van der Waals surface area contributed by atoms with Crippen molar-refractivity contribution in [2.45, 2.75) is 5.03 Å². The van der Waals surface area contributed by atoms with Gasteiger partial charge in [0.1, 0.15) is 28.5 Å². The molecule has 8 heteroatoms. The van der Waals surface area contributed by atoms with E-state index >= 15 is 0 Å². The molecule has 0 unspecified atom stereocenters. The summed E-state index contributed by atoms with van der Waals surface area (Å²) in [5.41, 5.74) is 7.70. The van der Waals surface area contributed by atoms with Gasteiger partial charge in [0.05, 0.1) is 11.3 Å². The number of nitrogens with two attached hydrogens (primary N) is 1. The summed E-state index contributed by atoms with van der Waals surface area (Å²) < 4.78 is 0. The van der Waals surface area contributed by atoms with Gasteiger partial charge in [0.25, 0.3) is 0 Å². The fourth-order valence-corrected chi connectivity index (χ4v) is 3.67. The number of nitrogens with zero attached hydrogens (tertiary/aromatic N) is 4. The van der Waals surface area contributed by atoms with Crippen molar-refractivity contribution >= 4 is 35.0 Å². The summed E-state index contributed by atoms with van der Waals surface area (Å²) in [7, 11) is 0. The van der Waals surface area contributed by atoms with E-state index in [4.69, 9.17) is 17.3 Å². The number of carbonyl (C=O) groups excluding carboxylic acids is 1. The monoisotopic (exact) mass is 405 g/mol. The minimum atomic E-state index is -0.134. The maximum Gasteiger partial charge on any atom is 0.173 e. The van der Waals surface area contributed by atoms with Crippen LogP contribution in [0.4, 0.5) is 5.82 Å². The largest absolute Gasteiger partial charge is 0.383 e. The van der Waals surface area contributed by atoms with Gasteiger partial charge in [-0.1, -0.05) is 35.5 Å². The predicted molar refractivity (Wildman–Crippen MR) is 108 cm³/mol.